The van der Waals surface area contributed by atoms with Crippen molar-refractivity contribution in [3.05, 3.63) is 65.9 Å². The lowest BCUT2D eigenvalue weighted by atomic mass is 10.00. The van der Waals surface area contributed by atoms with Crippen LogP contribution >= 0.6 is 0 Å². The molecule has 0 spiro atoms. The normalized spacial score (nSPS) is 12.9. The monoisotopic (exact) mass is 322 g/mol. The summed E-state index contributed by atoms with van der Waals surface area (Å²) in [5.74, 6) is 0.701. The average molecular weight is 322 g/mol. The molecular weight excluding hydrogens is 292 g/mol. The van der Waals surface area contributed by atoms with Gasteiger partial charge >= 0.3 is 0 Å². The van der Waals surface area contributed by atoms with Crippen LogP contribution in [0.5, 0.6) is 0 Å². The SMILES string of the molecule is CC(C)=CCCC(C)CCOC=C(C)c1cccc2ccccc12. The van der Waals surface area contributed by atoms with Crippen LogP contribution in [0.4, 0.5) is 0 Å². The van der Waals surface area contributed by atoms with Gasteiger partial charge < -0.3 is 4.74 Å². The Morgan fingerprint density at radius 2 is 1.75 bits per heavy atom. The van der Waals surface area contributed by atoms with Gasteiger partial charge in [0.05, 0.1) is 12.9 Å². The largest absolute Gasteiger partial charge is 0.501 e. The van der Waals surface area contributed by atoms with Gasteiger partial charge in [0.15, 0.2) is 0 Å². The molecule has 0 heterocycles. The van der Waals surface area contributed by atoms with Crippen LogP contribution in [0.25, 0.3) is 16.3 Å². The van der Waals surface area contributed by atoms with E-state index in [1.807, 2.05) is 6.26 Å². The Morgan fingerprint density at radius 1 is 1.00 bits per heavy atom. The maximum absolute atomic E-state index is 5.82. The molecule has 0 saturated carbocycles. The predicted molar refractivity (Wildman–Crippen MR) is 106 cm³/mol. The molecule has 0 fully saturated rings. The summed E-state index contributed by atoms with van der Waals surface area (Å²) in [7, 11) is 0. The van der Waals surface area contributed by atoms with E-state index >= 15 is 0 Å². The molecule has 0 aliphatic heterocycles. The first-order chi connectivity index (χ1) is 11.6. The van der Waals surface area contributed by atoms with Gasteiger partial charge in [0.2, 0.25) is 0 Å². The Labute approximate surface area is 147 Å². The van der Waals surface area contributed by atoms with Gasteiger partial charge in [-0.15, -0.1) is 0 Å². The van der Waals surface area contributed by atoms with E-state index in [1.165, 1.54) is 40.3 Å². The van der Waals surface area contributed by atoms with Crippen LogP contribution in [0.15, 0.2) is 60.4 Å². The van der Waals surface area contributed by atoms with E-state index < -0.39 is 0 Å². The highest BCUT2D eigenvalue weighted by Gasteiger charge is 2.03. The van der Waals surface area contributed by atoms with Crippen LogP contribution in [0, 0.1) is 5.92 Å². The maximum atomic E-state index is 5.82. The summed E-state index contributed by atoms with van der Waals surface area (Å²) in [6, 6.07) is 14.9. The quantitative estimate of drug-likeness (QED) is 0.289. The number of rotatable bonds is 8. The number of fused-ring (bicyclic) bond motifs is 1. The fourth-order valence-corrected chi connectivity index (χ4v) is 2.89. The summed E-state index contributed by atoms with van der Waals surface area (Å²) < 4.78 is 5.82. The third kappa shape index (κ3) is 5.56. The molecule has 2 rings (SSSR count). The highest BCUT2D eigenvalue weighted by atomic mass is 16.5. The Kier molecular flexibility index (Phi) is 7.11. The summed E-state index contributed by atoms with van der Waals surface area (Å²) in [4.78, 5) is 0. The van der Waals surface area contributed by atoms with Gasteiger partial charge in [0, 0.05) is 0 Å². The standard InChI is InChI=1S/C23H30O/c1-18(2)9-7-10-19(3)15-16-24-17-20(4)22-14-8-12-21-11-5-6-13-23(21)22/h5-6,8-9,11-14,17,19H,7,10,15-16H2,1-4H3. The van der Waals surface area contributed by atoms with Crippen molar-refractivity contribution in [2.45, 2.75) is 47.0 Å². The van der Waals surface area contributed by atoms with E-state index in [2.05, 4.69) is 76.2 Å². The molecule has 0 N–H and O–H groups in total. The molecule has 1 unspecified atom stereocenters. The van der Waals surface area contributed by atoms with Gasteiger partial charge in [-0.05, 0) is 67.9 Å². The second kappa shape index (κ2) is 9.32. The van der Waals surface area contributed by atoms with E-state index in [1.54, 1.807) is 0 Å². The molecule has 24 heavy (non-hydrogen) atoms. The molecule has 2 aromatic rings. The van der Waals surface area contributed by atoms with E-state index in [0.717, 1.165) is 13.0 Å². The van der Waals surface area contributed by atoms with Gasteiger partial charge in [-0.25, -0.2) is 0 Å². The minimum Gasteiger partial charge on any atom is -0.501 e. The molecular formula is C23H30O. The van der Waals surface area contributed by atoms with Crippen molar-refractivity contribution in [3.8, 4) is 0 Å². The molecule has 0 saturated heterocycles. The Hall–Kier alpha value is -2.02. The summed E-state index contributed by atoms with van der Waals surface area (Å²) in [5.41, 5.74) is 3.85. The predicted octanol–water partition coefficient (Wildman–Crippen LogP) is 6.99. The summed E-state index contributed by atoms with van der Waals surface area (Å²) in [6.45, 7) is 9.55. The topological polar surface area (TPSA) is 9.23 Å². The van der Waals surface area contributed by atoms with Crippen molar-refractivity contribution in [1.82, 2.24) is 0 Å². The molecule has 2 aromatic carbocycles. The number of benzene rings is 2. The van der Waals surface area contributed by atoms with Crippen LogP contribution < -0.4 is 0 Å². The zero-order valence-corrected chi connectivity index (χ0v) is 15.5. The molecule has 1 nitrogen and oxygen atoms in total. The lowest BCUT2D eigenvalue weighted by molar-refractivity contribution is 0.224. The fourth-order valence-electron chi connectivity index (χ4n) is 2.89. The number of hydrogen-bond donors (Lipinski definition) is 0. The van der Waals surface area contributed by atoms with E-state index in [9.17, 15) is 0 Å². The summed E-state index contributed by atoms with van der Waals surface area (Å²) in [5, 5.41) is 2.56. The molecule has 0 aliphatic carbocycles. The van der Waals surface area contributed by atoms with E-state index in [0.29, 0.717) is 5.92 Å². The Bertz CT molecular complexity index is 700. The third-order valence-corrected chi connectivity index (χ3v) is 4.42. The van der Waals surface area contributed by atoms with Gasteiger partial charge in [0.1, 0.15) is 0 Å². The zero-order valence-electron chi connectivity index (χ0n) is 15.5. The summed E-state index contributed by atoms with van der Waals surface area (Å²) >= 11 is 0. The van der Waals surface area contributed by atoms with Gasteiger partial charge in [-0.2, -0.15) is 0 Å². The third-order valence-electron chi connectivity index (χ3n) is 4.42. The first kappa shape index (κ1) is 18.3. The van der Waals surface area contributed by atoms with Crippen molar-refractivity contribution in [3.63, 3.8) is 0 Å². The molecule has 0 radical (unpaired) electrons. The van der Waals surface area contributed by atoms with Crippen molar-refractivity contribution in [2.75, 3.05) is 6.61 Å². The van der Waals surface area contributed by atoms with Crippen LogP contribution in [-0.2, 0) is 4.74 Å². The molecule has 0 bridgehead atoms. The summed E-state index contributed by atoms with van der Waals surface area (Å²) in [6.07, 6.45) is 7.76. The lowest BCUT2D eigenvalue weighted by Crippen LogP contribution is -1.99. The van der Waals surface area contributed by atoms with Crippen molar-refractivity contribution >= 4 is 16.3 Å². The first-order valence-corrected chi connectivity index (χ1v) is 8.98. The van der Waals surface area contributed by atoms with Crippen LogP contribution in [0.3, 0.4) is 0 Å². The molecule has 128 valence electrons. The average Bonchev–Trinajstić information content (AvgIpc) is 2.57. The second-order valence-electron chi connectivity index (χ2n) is 6.95. The molecule has 1 atom stereocenters. The maximum Gasteiger partial charge on any atom is 0.0876 e. The number of hydrogen-bond acceptors (Lipinski definition) is 1. The Balaban J connectivity index is 1.86. The van der Waals surface area contributed by atoms with Crippen molar-refractivity contribution in [1.29, 1.82) is 0 Å². The highest BCUT2D eigenvalue weighted by molar-refractivity contribution is 5.93. The minimum absolute atomic E-state index is 0.701. The second-order valence-corrected chi connectivity index (χ2v) is 6.95. The Morgan fingerprint density at radius 3 is 2.54 bits per heavy atom. The zero-order chi connectivity index (χ0) is 17.4. The van der Waals surface area contributed by atoms with Gasteiger partial charge in [0.25, 0.3) is 0 Å². The van der Waals surface area contributed by atoms with Gasteiger partial charge in [-0.1, -0.05) is 61.0 Å². The smallest absolute Gasteiger partial charge is 0.0876 e. The molecule has 0 amide bonds. The molecule has 0 aliphatic rings. The van der Waals surface area contributed by atoms with Crippen LogP contribution in [0.1, 0.15) is 52.5 Å². The van der Waals surface area contributed by atoms with E-state index in [4.69, 9.17) is 4.74 Å². The van der Waals surface area contributed by atoms with Crippen molar-refractivity contribution in [2.24, 2.45) is 5.92 Å². The highest BCUT2D eigenvalue weighted by Crippen LogP contribution is 2.24. The molecule has 1 heteroatoms. The van der Waals surface area contributed by atoms with Gasteiger partial charge in [-0.3, -0.25) is 0 Å². The molecule has 0 aromatic heterocycles. The number of ether oxygens (including phenoxy) is 1. The van der Waals surface area contributed by atoms with Crippen molar-refractivity contribution < 1.29 is 4.74 Å². The van der Waals surface area contributed by atoms with Crippen LogP contribution in [0.2, 0.25) is 0 Å². The fraction of sp³-hybridized carbons (Fsp3) is 0.391. The van der Waals surface area contributed by atoms with Crippen LogP contribution in [-0.4, -0.2) is 6.61 Å². The van der Waals surface area contributed by atoms with E-state index in [-0.39, 0.29) is 0 Å². The minimum atomic E-state index is 0.701. The first-order valence-electron chi connectivity index (χ1n) is 8.98. The number of allylic oxidation sites excluding steroid dienone is 3. The lowest BCUT2D eigenvalue weighted by Gasteiger charge is -2.11.